The number of carbonyl (C=O) groups is 1. The van der Waals surface area contributed by atoms with Crippen LogP contribution in [-0.4, -0.2) is 25.7 Å². The quantitative estimate of drug-likeness (QED) is 0.569. The summed E-state index contributed by atoms with van der Waals surface area (Å²) in [4.78, 5) is 11.6. The number of unbranched alkanes of at least 4 members (excludes halogenated alkanes) is 1. The first-order chi connectivity index (χ1) is 8.72. The molecule has 1 amide bonds. The summed E-state index contributed by atoms with van der Waals surface area (Å²) in [5, 5.41) is 2.83. The molecule has 0 aliphatic heterocycles. The summed E-state index contributed by atoms with van der Waals surface area (Å²) in [6.07, 6.45) is 2.58. The van der Waals surface area contributed by atoms with Crippen molar-refractivity contribution in [1.82, 2.24) is 5.32 Å². The summed E-state index contributed by atoms with van der Waals surface area (Å²) in [6, 6.07) is 7.34. The number of hydrogen-bond acceptors (Lipinski definition) is 3. The van der Waals surface area contributed by atoms with Gasteiger partial charge in [-0.2, -0.15) is 0 Å². The monoisotopic (exact) mass is 286 g/mol. The van der Waals surface area contributed by atoms with Crippen molar-refractivity contribution in [1.29, 1.82) is 0 Å². The molecule has 0 heterocycles. The summed E-state index contributed by atoms with van der Waals surface area (Å²) in [7, 11) is 0. The van der Waals surface area contributed by atoms with E-state index in [1.165, 1.54) is 0 Å². The van der Waals surface area contributed by atoms with Crippen molar-refractivity contribution in [2.75, 3.05) is 25.5 Å². The highest BCUT2D eigenvalue weighted by molar-refractivity contribution is 5.85. The molecular formula is C14H23ClN2O2. The van der Waals surface area contributed by atoms with Gasteiger partial charge in [-0.05, 0) is 24.1 Å². The van der Waals surface area contributed by atoms with E-state index >= 15 is 0 Å². The number of anilines is 1. The van der Waals surface area contributed by atoms with Crippen LogP contribution < -0.4 is 11.1 Å². The third-order valence-electron chi connectivity index (χ3n) is 2.56. The minimum Gasteiger partial charge on any atom is -0.399 e. The predicted molar refractivity (Wildman–Crippen MR) is 80.5 cm³/mol. The van der Waals surface area contributed by atoms with Crippen LogP contribution in [0.2, 0.25) is 0 Å². The van der Waals surface area contributed by atoms with Gasteiger partial charge in [0.15, 0.2) is 0 Å². The molecule has 0 spiro atoms. The summed E-state index contributed by atoms with van der Waals surface area (Å²) in [5.41, 5.74) is 7.26. The molecule has 19 heavy (non-hydrogen) atoms. The third-order valence-corrected chi connectivity index (χ3v) is 2.56. The lowest BCUT2D eigenvalue weighted by Crippen LogP contribution is -2.28. The Balaban J connectivity index is 0.00000324. The van der Waals surface area contributed by atoms with Crippen LogP contribution >= 0.6 is 12.4 Å². The van der Waals surface area contributed by atoms with E-state index < -0.39 is 0 Å². The van der Waals surface area contributed by atoms with Gasteiger partial charge in [-0.15, -0.1) is 12.4 Å². The number of carbonyl (C=O) groups excluding carboxylic acids is 1. The Morgan fingerprint density at radius 3 is 2.58 bits per heavy atom. The standard InChI is InChI=1S/C14H22N2O2.ClH/c1-2-3-9-18-10-8-16-14(17)11-12-4-6-13(15)7-5-12;/h4-7H,2-3,8-11,15H2,1H3,(H,16,17);1H. The van der Waals surface area contributed by atoms with Gasteiger partial charge in [-0.3, -0.25) is 4.79 Å². The molecule has 1 rings (SSSR count). The average Bonchev–Trinajstić information content (AvgIpc) is 2.36. The van der Waals surface area contributed by atoms with Gasteiger partial charge in [0.05, 0.1) is 13.0 Å². The molecule has 1 aromatic carbocycles. The van der Waals surface area contributed by atoms with Crippen LogP contribution in [0.25, 0.3) is 0 Å². The van der Waals surface area contributed by atoms with E-state index in [0.29, 0.717) is 25.3 Å². The number of nitrogens with two attached hydrogens (primary N) is 1. The first kappa shape index (κ1) is 17.7. The Bertz CT molecular complexity index is 355. The largest absolute Gasteiger partial charge is 0.399 e. The molecule has 0 radical (unpaired) electrons. The number of halogens is 1. The zero-order valence-electron chi connectivity index (χ0n) is 11.4. The fraction of sp³-hybridized carbons (Fsp3) is 0.500. The molecule has 108 valence electrons. The highest BCUT2D eigenvalue weighted by Gasteiger charge is 2.02. The summed E-state index contributed by atoms with van der Waals surface area (Å²) < 4.78 is 5.36. The SMILES string of the molecule is CCCCOCCNC(=O)Cc1ccc(N)cc1.Cl. The van der Waals surface area contributed by atoms with Crippen LogP contribution in [-0.2, 0) is 16.0 Å². The number of hydrogen-bond donors (Lipinski definition) is 2. The first-order valence-corrected chi connectivity index (χ1v) is 6.41. The van der Waals surface area contributed by atoms with Crippen molar-refractivity contribution in [3.63, 3.8) is 0 Å². The predicted octanol–water partition coefficient (Wildman–Crippen LogP) is 2.17. The maximum atomic E-state index is 11.6. The van der Waals surface area contributed by atoms with Crippen molar-refractivity contribution in [2.24, 2.45) is 0 Å². The zero-order valence-corrected chi connectivity index (χ0v) is 12.2. The summed E-state index contributed by atoms with van der Waals surface area (Å²) >= 11 is 0. The van der Waals surface area contributed by atoms with Crippen molar-refractivity contribution in [3.8, 4) is 0 Å². The number of nitrogen functional groups attached to an aromatic ring is 1. The minimum absolute atomic E-state index is 0. The lowest BCUT2D eigenvalue weighted by atomic mass is 10.1. The maximum absolute atomic E-state index is 11.6. The molecule has 1 aromatic rings. The summed E-state index contributed by atoms with van der Waals surface area (Å²) in [6.45, 7) is 4.03. The molecule has 0 atom stereocenters. The molecular weight excluding hydrogens is 264 g/mol. The van der Waals surface area contributed by atoms with E-state index in [-0.39, 0.29) is 18.3 Å². The zero-order chi connectivity index (χ0) is 13.2. The van der Waals surface area contributed by atoms with Crippen LogP contribution in [0.1, 0.15) is 25.3 Å². The molecule has 4 nitrogen and oxygen atoms in total. The van der Waals surface area contributed by atoms with E-state index in [2.05, 4.69) is 12.2 Å². The van der Waals surface area contributed by atoms with Crippen LogP contribution in [0.3, 0.4) is 0 Å². The highest BCUT2D eigenvalue weighted by atomic mass is 35.5. The number of rotatable bonds is 8. The number of benzene rings is 1. The van der Waals surface area contributed by atoms with Gasteiger partial charge in [-0.25, -0.2) is 0 Å². The molecule has 0 bridgehead atoms. The van der Waals surface area contributed by atoms with Crippen molar-refractivity contribution < 1.29 is 9.53 Å². The second-order valence-electron chi connectivity index (χ2n) is 4.23. The Morgan fingerprint density at radius 1 is 1.26 bits per heavy atom. The smallest absolute Gasteiger partial charge is 0.224 e. The third kappa shape index (κ3) is 8.46. The van der Waals surface area contributed by atoms with Crippen molar-refractivity contribution in [2.45, 2.75) is 26.2 Å². The molecule has 0 aromatic heterocycles. The normalized spacial score (nSPS) is 9.74. The van der Waals surface area contributed by atoms with Gasteiger partial charge in [0.25, 0.3) is 0 Å². The molecule has 0 saturated heterocycles. The topological polar surface area (TPSA) is 64.3 Å². The van der Waals surface area contributed by atoms with Crippen LogP contribution in [0, 0.1) is 0 Å². The molecule has 0 unspecified atom stereocenters. The van der Waals surface area contributed by atoms with Gasteiger partial charge >= 0.3 is 0 Å². The molecule has 0 aliphatic carbocycles. The van der Waals surface area contributed by atoms with E-state index in [0.717, 1.165) is 25.0 Å². The van der Waals surface area contributed by atoms with E-state index in [4.69, 9.17) is 10.5 Å². The number of amides is 1. The molecule has 0 saturated carbocycles. The van der Waals surface area contributed by atoms with Gasteiger partial charge in [-0.1, -0.05) is 25.5 Å². The number of nitrogens with one attached hydrogen (secondary N) is 1. The Labute approximate surface area is 121 Å². The molecule has 5 heteroatoms. The molecule has 0 aliphatic rings. The van der Waals surface area contributed by atoms with Crippen LogP contribution in [0.4, 0.5) is 5.69 Å². The molecule has 0 fully saturated rings. The minimum atomic E-state index is 0. The maximum Gasteiger partial charge on any atom is 0.224 e. The van der Waals surface area contributed by atoms with Crippen LogP contribution in [0.15, 0.2) is 24.3 Å². The van der Waals surface area contributed by atoms with Gasteiger partial charge < -0.3 is 15.8 Å². The second kappa shape index (κ2) is 10.6. The van der Waals surface area contributed by atoms with E-state index in [1.54, 1.807) is 12.1 Å². The average molecular weight is 287 g/mol. The Morgan fingerprint density at radius 2 is 1.95 bits per heavy atom. The van der Waals surface area contributed by atoms with Crippen molar-refractivity contribution >= 4 is 24.0 Å². The van der Waals surface area contributed by atoms with E-state index in [9.17, 15) is 4.79 Å². The fourth-order valence-corrected chi connectivity index (χ4v) is 1.49. The van der Waals surface area contributed by atoms with Crippen LogP contribution in [0.5, 0.6) is 0 Å². The lowest BCUT2D eigenvalue weighted by molar-refractivity contribution is -0.120. The van der Waals surface area contributed by atoms with Gasteiger partial charge in [0, 0.05) is 18.8 Å². The van der Waals surface area contributed by atoms with Gasteiger partial charge in [0.2, 0.25) is 5.91 Å². The first-order valence-electron chi connectivity index (χ1n) is 6.41. The lowest BCUT2D eigenvalue weighted by Gasteiger charge is -2.06. The molecule has 3 N–H and O–H groups in total. The highest BCUT2D eigenvalue weighted by Crippen LogP contribution is 2.05. The Kier molecular flexibility index (Phi) is 9.94. The Hall–Kier alpha value is -1.26. The number of ether oxygens (including phenoxy) is 1. The van der Waals surface area contributed by atoms with Gasteiger partial charge in [0.1, 0.15) is 0 Å². The van der Waals surface area contributed by atoms with E-state index in [1.807, 2.05) is 12.1 Å². The second-order valence-corrected chi connectivity index (χ2v) is 4.23. The van der Waals surface area contributed by atoms with Crippen molar-refractivity contribution in [3.05, 3.63) is 29.8 Å². The fourth-order valence-electron chi connectivity index (χ4n) is 1.49. The summed E-state index contributed by atoms with van der Waals surface area (Å²) in [5.74, 6) is 0.0128.